The summed E-state index contributed by atoms with van der Waals surface area (Å²) in [6.07, 6.45) is 3.37. The molecule has 1 amide bonds. The summed E-state index contributed by atoms with van der Waals surface area (Å²) in [5, 5.41) is 0. The van der Waals surface area contributed by atoms with Crippen LogP contribution < -0.4 is 0 Å². The van der Waals surface area contributed by atoms with E-state index in [9.17, 15) is 4.79 Å². The number of nitrogens with zero attached hydrogens (tertiary/aromatic N) is 1. The summed E-state index contributed by atoms with van der Waals surface area (Å²) >= 11 is 5.65. The second-order valence-electron chi connectivity index (χ2n) is 5.08. The number of carbonyl (C=O) groups is 1. The van der Waals surface area contributed by atoms with Crippen LogP contribution in [0.1, 0.15) is 47.0 Å². The molecule has 1 aliphatic rings. The second kappa shape index (κ2) is 5.22. The smallest absolute Gasteiger partial charge is 0.241 e. The Labute approximate surface area is 104 Å². The first kappa shape index (κ1) is 13.6. The zero-order valence-corrected chi connectivity index (χ0v) is 11.5. The Morgan fingerprint density at radius 3 is 2.62 bits per heavy atom. The van der Waals surface area contributed by atoms with Crippen molar-refractivity contribution in [2.75, 3.05) is 12.4 Å². The molecule has 16 heavy (non-hydrogen) atoms. The molecule has 0 aliphatic heterocycles. The third-order valence-corrected chi connectivity index (χ3v) is 3.95. The molecule has 0 saturated carbocycles. The van der Waals surface area contributed by atoms with Gasteiger partial charge in [-0.25, -0.2) is 0 Å². The van der Waals surface area contributed by atoms with Crippen molar-refractivity contribution in [3.05, 3.63) is 11.3 Å². The zero-order chi connectivity index (χ0) is 12.3. The molecule has 0 bridgehead atoms. The molecule has 0 aromatic carbocycles. The fourth-order valence-corrected chi connectivity index (χ4v) is 2.53. The minimum absolute atomic E-state index is 0.0243. The number of alkyl halides is 1. The molecule has 0 spiro atoms. The van der Waals surface area contributed by atoms with E-state index in [1.165, 1.54) is 17.7 Å². The van der Waals surface area contributed by atoms with Gasteiger partial charge in [0.25, 0.3) is 0 Å². The molecule has 0 N–H and O–H groups in total. The van der Waals surface area contributed by atoms with Gasteiger partial charge in [0.1, 0.15) is 5.88 Å². The first-order valence-corrected chi connectivity index (χ1v) is 6.54. The van der Waals surface area contributed by atoms with E-state index in [0.29, 0.717) is 6.54 Å². The summed E-state index contributed by atoms with van der Waals surface area (Å²) in [4.78, 5) is 13.6. The monoisotopic (exact) mass is 243 g/mol. The molecule has 0 saturated heterocycles. The summed E-state index contributed by atoms with van der Waals surface area (Å²) < 4.78 is 0. The van der Waals surface area contributed by atoms with E-state index in [1.807, 2.05) is 11.8 Å². The van der Waals surface area contributed by atoms with Gasteiger partial charge in [-0.3, -0.25) is 4.79 Å². The standard InChI is InChI=1S/C13H22ClNO/c1-5-15(12(16)9-14)11-7-6-8-13(3,4)10(11)2/h5-9H2,1-4H3. The minimum Gasteiger partial charge on any atom is -0.315 e. The van der Waals surface area contributed by atoms with E-state index < -0.39 is 0 Å². The average molecular weight is 244 g/mol. The fraction of sp³-hybridized carbons (Fsp3) is 0.769. The molecule has 1 rings (SSSR count). The van der Waals surface area contributed by atoms with Crippen LogP contribution in [0.5, 0.6) is 0 Å². The summed E-state index contributed by atoms with van der Waals surface area (Å²) in [5.41, 5.74) is 2.76. The second-order valence-corrected chi connectivity index (χ2v) is 5.35. The Kier molecular flexibility index (Phi) is 4.43. The summed E-state index contributed by atoms with van der Waals surface area (Å²) in [7, 11) is 0. The van der Waals surface area contributed by atoms with Gasteiger partial charge in [0.2, 0.25) is 5.91 Å². The van der Waals surface area contributed by atoms with Crippen LogP contribution in [0.15, 0.2) is 11.3 Å². The molecule has 0 atom stereocenters. The van der Waals surface area contributed by atoms with Gasteiger partial charge < -0.3 is 4.90 Å². The number of allylic oxidation sites excluding steroid dienone is 2. The van der Waals surface area contributed by atoms with Gasteiger partial charge in [0, 0.05) is 12.2 Å². The van der Waals surface area contributed by atoms with E-state index >= 15 is 0 Å². The number of hydrogen-bond acceptors (Lipinski definition) is 1. The van der Waals surface area contributed by atoms with E-state index in [1.54, 1.807) is 0 Å². The highest BCUT2D eigenvalue weighted by Crippen LogP contribution is 2.40. The number of hydrogen-bond donors (Lipinski definition) is 0. The van der Waals surface area contributed by atoms with Crippen molar-refractivity contribution < 1.29 is 4.79 Å². The molecule has 92 valence electrons. The van der Waals surface area contributed by atoms with E-state index in [2.05, 4.69) is 20.8 Å². The normalized spacial score (nSPS) is 19.8. The molecular formula is C13H22ClNO. The predicted molar refractivity (Wildman–Crippen MR) is 68.4 cm³/mol. The van der Waals surface area contributed by atoms with Crippen molar-refractivity contribution in [2.24, 2.45) is 5.41 Å². The van der Waals surface area contributed by atoms with Crippen LogP contribution >= 0.6 is 11.6 Å². The van der Waals surface area contributed by atoms with Gasteiger partial charge in [-0.1, -0.05) is 13.8 Å². The summed E-state index contributed by atoms with van der Waals surface area (Å²) in [5.74, 6) is 0.0987. The maximum Gasteiger partial charge on any atom is 0.241 e. The lowest BCUT2D eigenvalue weighted by atomic mass is 9.75. The largest absolute Gasteiger partial charge is 0.315 e. The summed E-state index contributed by atoms with van der Waals surface area (Å²) in [6.45, 7) is 9.38. The highest BCUT2D eigenvalue weighted by Gasteiger charge is 2.30. The molecule has 0 unspecified atom stereocenters. The van der Waals surface area contributed by atoms with Gasteiger partial charge in [-0.2, -0.15) is 0 Å². The fourth-order valence-electron chi connectivity index (χ4n) is 2.39. The molecule has 3 heteroatoms. The number of carbonyl (C=O) groups excluding carboxylic acids is 1. The van der Waals surface area contributed by atoms with E-state index in [4.69, 9.17) is 11.6 Å². The summed E-state index contributed by atoms with van der Waals surface area (Å²) in [6, 6.07) is 0. The van der Waals surface area contributed by atoms with Crippen molar-refractivity contribution >= 4 is 17.5 Å². The molecular weight excluding hydrogens is 222 g/mol. The number of amides is 1. The topological polar surface area (TPSA) is 20.3 Å². The number of rotatable bonds is 3. The van der Waals surface area contributed by atoms with Crippen LogP contribution in [-0.2, 0) is 4.79 Å². The Bertz CT molecular complexity index is 307. The van der Waals surface area contributed by atoms with Crippen molar-refractivity contribution in [3.63, 3.8) is 0 Å². The van der Waals surface area contributed by atoms with Gasteiger partial charge in [-0.15, -0.1) is 11.6 Å². The Hall–Kier alpha value is -0.500. The third-order valence-electron chi connectivity index (χ3n) is 3.72. The predicted octanol–water partition coefficient (Wildman–Crippen LogP) is 3.56. The van der Waals surface area contributed by atoms with Crippen LogP contribution in [0.3, 0.4) is 0 Å². The number of halogens is 1. The first-order valence-electron chi connectivity index (χ1n) is 6.00. The highest BCUT2D eigenvalue weighted by atomic mass is 35.5. The van der Waals surface area contributed by atoms with Crippen LogP contribution in [0.4, 0.5) is 0 Å². The minimum atomic E-state index is 0.0243. The molecule has 0 heterocycles. The van der Waals surface area contributed by atoms with Gasteiger partial charge in [-0.05, 0) is 44.1 Å². The lowest BCUT2D eigenvalue weighted by molar-refractivity contribution is -0.126. The third kappa shape index (κ3) is 2.60. The van der Waals surface area contributed by atoms with Crippen LogP contribution in [0.25, 0.3) is 0 Å². The van der Waals surface area contributed by atoms with Gasteiger partial charge >= 0.3 is 0 Å². The maximum absolute atomic E-state index is 11.8. The van der Waals surface area contributed by atoms with Crippen molar-refractivity contribution in [2.45, 2.75) is 47.0 Å². The molecule has 0 radical (unpaired) electrons. The van der Waals surface area contributed by atoms with Crippen LogP contribution in [0, 0.1) is 5.41 Å². The lowest BCUT2D eigenvalue weighted by Gasteiger charge is -2.37. The van der Waals surface area contributed by atoms with E-state index in [-0.39, 0.29) is 17.2 Å². The molecule has 0 fully saturated rings. The molecule has 0 aromatic heterocycles. The SMILES string of the molecule is CCN(C(=O)CCl)C1=C(C)C(C)(C)CCC1. The Morgan fingerprint density at radius 1 is 1.50 bits per heavy atom. The van der Waals surface area contributed by atoms with Crippen molar-refractivity contribution in [1.29, 1.82) is 0 Å². The maximum atomic E-state index is 11.8. The quantitative estimate of drug-likeness (QED) is 0.694. The van der Waals surface area contributed by atoms with Crippen LogP contribution in [0.2, 0.25) is 0 Å². The first-order chi connectivity index (χ1) is 7.44. The van der Waals surface area contributed by atoms with Crippen LogP contribution in [-0.4, -0.2) is 23.2 Å². The van der Waals surface area contributed by atoms with Crippen molar-refractivity contribution in [1.82, 2.24) is 4.90 Å². The lowest BCUT2D eigenvalue weighted by Crippen LogP contribution is -2.35. The van der Waals surface area contributed by atoms with Crippen molar-refractivity contribution in [3.8, 4) is 0 Å². The molecule has 1 aliphatic carbocycles. The average Bonchev–Trinajstić information content (AvgIpc) is 2.24. The highest BCUT2D eigenvalue weighted by molar-refractivity contribution is 6.27. The van der Waals surface area contributed by atoms with Gasteiger partial charge in [0.05, 0.1) is 0 Å². The zero-order valence-electron chi connectivity index (χ0n) is 10.8. The molecule has 2 nitrogen and oxygen atoms in total. The Balaban J connectivity index is 3.04. The van der Waals surface area contributed by atoms with E-state index in [0.717, 1.165) is 12.8 Å². The molecule has 0 aromatic rings. The van der Waals surface area contributed by atoms with Gasteiger partial charge in [0.15, 0.2) is 0 Å². The Morgan fingerprint density at radius 2 is 2.12 bits per heavy atom.